The molecule has 9 heteroatoms. The highest BCUT2D eigenvalue weighted by Crippen LogP contribution is 2.37. The van der Waals surface area contributed by atoms with Gasteiger partial charge in [-0.25, -0.2) is 0 Å². The fourth-order valence-electron chi connectivity index (χ4n) is 2.37. The van der Waals surface area contributed by atoms with Crippen molar-refractivity contribution in [3.8, 4) is 0 Å². The van der Waals surface area contributed by atoms with Gasteiger partial charge in [-0.2, -0.15) is 22.5 Å². The zero-order valence-electron chi connectivity index (χ0n) is 10.8. The Balaban J connectivity index is 2.21. The molecule has 0 radical (unpaired) electrons. The number of piperidine rings is 1. The van der Waals surface area contributed by atoms with Crippen LogP contribution in [0.4, 0.5) is 18.3 Å². The Morgan fingerprint density at radius 1 is 1.55 bits per heavy atom. The molecule has 0 aromatic carbocycles. The van der Waals surface area contributed by atoms with Gasteiger partial charge in [-0.05, 0) is 19.3 Å². The molecule has 1 aliphatic heterocycles. The molecule has 0 amide bonds. The lowest BCUT2D eigenvalue weighted by Gasteiger charge is -2.39. The molecule has 0 bridgehead atoms. The molecule has 1 unspecified atom stereocenters. The Morgan fingerprint density at radius 2 is 2.25 bits per heavy atom. The first kappa shape index (κ1) is 15.0. The van der Waals surface area contributed by atoms with Crippen molar-refractivity contribution in [3.63, 3.8) is 0 Å². The minimum atomic E-state index is -4.57. The number of carboxylic acids is 1. The van der Waals surface area contributed by atoms with Crippen LogP contribution in [0.1, 0.15) is 32.0 Å². The van der Waals surface area contributed by atoms with E-state index in [2.05, 4.69) is 9.36 Å². The highest BCUT2D eigenvalue weighted by molar-refractivity contribution is 7.09. The quantitative estimate of drug-likeness (QED) is 0.930. The molecule has 1 saturated heterocycles. The average molecular weight is 309 g/mol. The molecule has 2 rings (SSSR count). The van der Waals surface area contributed by atoms with Crippen molar-refractivity contribution >= 4 is 22.6 Å². The first-order chi connectivity index (χ1) is 9.28. The van der Waals surface area contributed by atoms with Gasteiger partial charge in [0.1, 0.15) is 0 Å². The summed E-state index contributed by atoms with van der Waals surface area (Å²) in [7, 11) is 0. The largest absolute Gasteiger partial charge is 0.481 e. The Hall–Kier alpha value is -1.38. The number of carboxylic acid groups (broad SMARTS) is 1. The molecule has 0 saturated carbocycles. The van der Waals surface area contributed by atoms with Crippen LogP contribution in [0.3, 0.4) is 0 Å². The van der Waals surface area contributed by atoms with E-state index in [0.29, 0.717) is 37.3 Å². The number of hydrogen-bond donors (Lipinski definition) is 1. The van der Waals surface area contributed by atoms with E-state index in [4.69, 9.17) is 0 Å². The second-order valence-electron chi connectivity index (χ2n) is 4.86. The van der Waals surface area contributed by atoms with E-state index in [1.165, 1.54) is 0 Å². The van der Waals surface area contributed by atoms with Gasteiger partial charge in [-0.1, -0.05) is 6.92 Å². The number of carbonyl (C=O) groups is 1. The Labute approximate surface area is 117 Å². The molecule has 2 heterocycles. The van der Waals surface area contributed by atoms with Crippen LogP contribution >= 0.6 is 11.5 Å². The van der Waals surface area contributed by atoms with E-state index in [-0.39, 0.29) is 11.7 Å². The van der Waals surface area contributed by atoms with E-state index < -0.39 is 23.4 Å². The minimum Gasteiger partial charge on any atom is -0.481 e. The number of aliphatic carboxylic acids is 1. The van der Waals surface area contributed by atoms with E-state index >= 15 is 0 Å². The van der Waals surface area contributed by atoms with Gasteiger partial charge in [-0.15, -0.1) is 0 Å². The van der Waals surface area contributed by atoms with Crippen molar-refractivity contribution < 1.29 is 23.1 Å². The first-order valence-corrected chi connectivity index (χ1v) is 6.95. The van der Waals surface area contributed by atoms with Gasteiger partial charge in [0.2, 0.25) is 11.0 Å². The molecular weight excluding hydrogens is 295 g/mol. The summed E-state index contributed by atoms with van der Waals surface area (Å²) < 4.78 is 40.7. The lowest BCUT2D eigenvalue weighted by Crippen LogP contribution is -2.47. The Morgan fingerprint density at radius 3 is 2.75 bits per heavy atom. The maximum atomic E-state index is 12.5. The van der Waals surface area contributed by atoms with E-state index in [1.807, 2.05) is 0 Å². The molecule has 1 N–H and O–H groups in total. The topological polar surface area (TPSA) is 66.3 Å². The number of hydrogen-bond acceptors (Lipinski definition) is 5. The van der Waals surface area contributed by atoms with Crippen LogP contribution in [0.2, 0.25) is 0 Å². The van der Waals surface area contributed by atoms with Gasteiger partial charge in [-0.3, -0.25) is 4.79 Å². The highest BCUT2D eigenvalue weighted by atomic mass is 32.1. The fourth-order valence-corrected chi connectivity index (χ4v) is 3.08. The van der Waals surface area contributed by atoms with Crippen LogP contribution in [-0.2, 0) is 11.0 Å². The van der Waals surface area contributed by atoms with Crippen molar-refractivity contribution in [3.05, 3.63) is 5.82 Å². The summed E-state index contributed by atoms with van der Waals surface area (Å²) in [6.07, 6.45) is -3.00. The molecule has 0 aliphatic carbocycles. The van der Waals surface area contributed by atoms with Crippen LogP contribution in [0.25, 0.3) is 0 Å². The van der Waals surface area contributed by atoms with Gasteiger partial charge in [0, 0.05) is 24.6 Å². The lowest BCUT2D eigenvalue weighted by molar-refractivity contribution is -0.150. The van der Waals surface area contributed by atoms with Gasteiger partial charge in [0.05, 0.1) is 5.41 Å². The maximum absolute atomic E-state index is 12.5. The summed E-state index contributed by atoms with van der Waals surface area (Å²) in [5, 5.41) is 9.48. The molecule has 1 atom stereocenters. The van der Waals surface area contributed by atoms with Crippen LogP contribution in [0.5, 0.6) is 0 Å². The molecule has 20 heavy (non-hydrogen) atoms. The van der Waals surface area contributed by atoms with E-state index in [0.717, 1.165) is 0 Å². The highest BCUT2D eigenvalue weighted by Gasteiger charge is 2.42. The van der Waals surface area contributed by atoms with Gasteiger partial charge in [0.15, 0.2) is 0 Å². The molecule has 112 valence electrons. The third kappa shape index (κ3) is 2.72. The van der Waals surface area contributed by atoms with Gasteiger partial charge < -0.3 is 10.0 Å². The number of aromatic nitrogens is 2. The summed E-state index contributed by atoms with van der Waals surface area (Å²) in [6.45, 7) is 2.45. The molecule has 0 spiro atoms. The van der Waals surface area contributed by atoms with Crippen molar-refractivity contribution in [2.45, 2.75) is 32.4 Å². The van der Waals surface area contributed by atoms with Crippen LogP contribution < -0.4 is 4.90 Å². The van der Waals surface area contributed by atoms with Crippen molar-refractivity contribution in [2.75, 3.05) is 18.0 Å². The minimum absolute atomic E-state index is 0.135. The summed E-state index contributed by atoms with van der Waals surface area (Å²) in [6, 6.07) is 0. The molecular formula is C11H14F3N3O2S. The molecule has 1 aromatic rings. The summed E-state index contributed by atoms with van der Waals surface area (Å²) in [5.74, 6) is -2.08. The number of rotatable bonds is 3. The van der Waals surface area contributed by atoms with Gasteiger partial charge >= 0.3 is 12.1 Å². The predicted molar refractivity (Wildman–Crippen MR) is 66.7 cm³/mol. The first-order valence-electron chi connectivity index (χ1n) is 6.18. The fraction of sp³-hybridized carbons (Fsp3) is 0.727. The van der Waals surface area contributed by atoms with Gasteiger partial charge in [0.25, 0.3) is 0 Å². The van der Waals surface area contributed by atoms with Crippen molar-refractivity contribution in [2.24, 2.45) is 5.41 Å². The van der Waals surface area contributed by atoms with Crippen LogP contribution in [-0.4, -0.2) is 33.5 Å². The van der Waals surface area contributed by atoms with E-state index in [1.54, 1.807) is 11.8 Å². The van der Waals surface area contributed by atoms with Crippen LogP contribution in [0, 0.1) is 5.41 Å². The third-order valence-electron chi connectivity index (χ3n) is 3.65. The number of halogens is 3. The predicted octanol–water partition coefficient (Wildman–Crippen LogP) is 2.64. The number of nitrogens with zero attached hydrogens (tertiary/aromatic N) is 3. The smallest absolute Gasteiger partial charge is 0.452 e. The van der Waals surface area contributed by atoms with E-state index in [9.17, 15) is 23.1 Å². The third-order valence-corrected chi connectivity index (χ3v) is 4.42. The molecule has 1 aromatic heterocycles. The molecule has 5 nitrogen and oxygen atoms in total. The lowest BCUT2D eigenvalue weighted by atomic mass is 9.78. The van der Waals surface area contributed by atoms with Crippen molar-refractivity contribution in [1.29, 1.82) is 0 Å². The number of anilines is 1. The SMILES string of the molecule is CCC1(C(=O)O)CCCN(c2nc(C(F)(F)F)ns2)C1. The monoisotopic (exact) mass is 309 g/mol. The second kappa shape index (κ2) is 5.19. The van der Waals surface area contributed by atoms with Crippen molar-refractivity contribution in [1.82, 2.24) is 9.36 Å². The summed E-state index contributed by atoms with van der Waals surface area (Å²) >= 11 is 0.658. The normalized spacial score (nSPS) is 23.9. The zero-order valence-corrected chi connectivity index (χ0v) is 11.6. The summed E-state index contributed by atoms with van der Waals surface area (Å²) in [5.41, 5.74) is -0.914. The second-order valence-corrected chi connectivity index (χ2v) is 5.59. The zero-order chi connectivity index (χ0) is 15.0. The molecule has 1 aliphatic rings. The average Bonchev–Trinajstić information content (AvgIpc) is 2.88. The van der Waals surface area contributed by atoms with Crippen LogP contribution in [0.15, 0.2) is 0 Å². The Kier molecular flexibility index (Phi) is 3.90. The Bertz CT molecular complexity index is 505. The molecule has 1 fully saturated rings. The number of alkyl halides is 3. The maximum Gasteiger partial charge on any atom is 0.452 e. The standard InChI is InChI=1S/C11H14F3N3O2S/c1-2-10(8(18)19)4-3-5-17(6-10)9-15-7(16-20-9)11(12,13)14/h2-6H2,1H3,(H,18,19). The summed E-state index contributed by atoms with van der Waals surface area (Å²) in [4.78, 5) is 16.5.